The molecule has 0 bridgehead atoms. The van der Waals surface area contributed by atoms with Crippen LogP contribution in [0.1, 0.15) is 5.69 Å². The van der Waals surface area contributed by atoms with Gasteiger partial charge in [0.2, 0.25) is 0 Å². The Hall–Kier alpha value is -1.56. The van der Waals surface area contributed by atoms with Crippen molar-refractivity contribution in [3.8, 4) is 5.82 Å². The van der Waals surface area contributed by atoms with E-state index in [1.54, 1.807) is 6.92 Å². The molecule has 2 aromatic rings. The number of aromatic nitrogens is 3. The molecule has 0 atom stereocenters. The second-order valence-electron chi connectivity index (χ2n) is 3.17. The molecule has 0 fully saturated rings. The van der Waals surface area contributed by atoms with Gasteiger partial charge in [0.1, 0.15) is 11.6 Å². The van der Waals surface area contributed by atoms with Gasteiger partial charge in [0.25, 0.3) is 5.56 Å². The summed E-state index contributed by atoms with van der Waals surface area (Å²) in [6.07, 6.45) is 2.60. The molecule has 2 heterocycles. The van der Waals surface area contributed by atoms with Gasteiger partial charge in [0, 0.05) is 11.9 Å². The summed E-state index contributed by atoms with van der Waals surface area (Å²) < 4.78 is 14.3. The Morgan fingerprint density at radius 1 is 1.31 bits per heavy atom. The number of halogens is 2. The van der Waals surface area contributed by atoms with Crippen molar-refractivity contribution >= 4 is 15.9 Å². The Morgan fingerprint density at radius 3 is 2.69 bits per heavy atom. The highest BCUT2D eigenvalue weighted by atomic mass is 79.9. The summed E-state index contributed by atoms with van der Waals surface area (Å²) >= 11 is 3.05. The minimum atomic E-state index is -0.442. The largest absolute Gasteiger partial charge is 0.289 e. The smallest absolute Gasteiger partial charge is 0.266 e. The number of aryl methyl sites for hydroxylation is 1. The Labute approximate surface area is 98.9 Å². The van der Waals surface area contributed by atoms with Crippen LogP contribution < -0.4 is 5.56 Å². The summed E-state index contributed by atoms with van der Waals surface area (Å²) in [6, 6.07) is 2.69. The van der Waals surface area contributed by atoms with Crippen LogP contribution in [0.5, 0.6) is 0 Å². The van der Waals surface area contributed by atoms with Gasteiger partial charge in [0.15, 0.2) is 4.60 Å². The molecule has 0 aliphatic carbocycles. The van der Waals surface area contributed by atoms with Gasteiger partial charge in [-0.1, -0.05) is 0 Å². The van der Waals surface area contributed by atoms with Crippen LogP contribution in [0.15, 0.2) is 33.9 Å². The second kappa shape index (κ2) is 4.13. The summed E-state index contributed by atoms with van der Waals surface area (Å²) in [5.41, 5.74) is 0.311. The van der Waals surface area contributed by atoms with Crippen molar-refractivity contribution in [1.29, 1.82) is 0 Å². The molecule has 2 rings (SSSR count). The van der Waals surface area contributed by atoms with E-state index in [2.05, 4.69) is 25.9 Å². The highest BCUT2D eigenvalue weighted by molar-refractivity contribution is 9.10. The molecule has 0 spiro atoms. The van der Waals surface area contributed by atoms with E-state index in [-0.39, 0.29) is 10.2 Å². The van der Waals surface area contributed by atoms with E-state index in [0.717, 1.165) is 6.20 Å². The fourth-order valence-electron chi connectivity index (χ4n) is 1.30. The molecule has 16 heavy (non-hydrogen) atoms. The van der Waals surface area contributed by atoms with E-state index >= 15 is 0 Å². The molecule has 0 saturated carbocycles. The van der Waals surface area contributed by atoms with Crippen LogP contribution in [0.4, 0.5) is 4.39 Å². The first-order valence-corrected chi connectivity index (χ1v) is 5.25. The predicted octanol–water partition coefficient (Wildman–Crippen LogP) is 1.84. The first-order valence-electron chi connectivity index (χ1n) is 4.45. The second-order valence-corrected chi connectivity index (χ2v) is 3.92. The monoisotopic (exact) mass is 283 g/mol. The quantitative estimate of drug-likeness (QED) is 0.802. The molecule has 0 aromatic carbocycles. The van der Waals surface area contributed by atoms with Crippen LogP contribution in [0.2, 0.25) is 0 Å². The molecular formula is C10H7BrFN3O. The van der Waals surface area contributed by atoms with Crippen molar-refractivity contribution in [3.63, 3.8) is 0 Å². The molecule has 0 radical (unpaired) electrons. The molecule has 0 saturated heterocycles. The number of nitrogens with zero attached hydrogens (tertiary/aromatic N) is 3. The van der Waals surface area contributed by atoms with Gasteiger partial charge in [-0.15, -0.1) is 0 Å². The van der Waals surface area contributed by atoms with Crippen molar-refractivity contribution in [3.05, 3.63) is 51.0 Å². The van der Waals surface area contributed by atoms with Crippen molar-refractivity contribution < 1.29 is 4.39 Å². The number of hydrogen-bond donors (Lipinski definition) is 0. The number of rotatable bonds is 1. The average Bonchev–Trinajstić information content (AvgIpc) is 2.27. The first-order chi connectivity index (χ1) is 7.59. The van der Waals surface area contributed by atoms with Crippen LogP contribution in [-0.4, -0.2) is 14.5 Å². The molecular weight excluding hydrogens is 277 g/mol. The first kappa shape index (κ1) is 10.9. The molecule has 4 nitrogen and oxygen atoms in total. The lowest BCUT2D eigenvalue weighted by molar-refractivity contribution is 0.619. The third kappa shape index (κ3) is 1.88. The lowest BCUT2D eigenvalue weighted by Gasteiger charge is -2.08. The molecule has 0 amide bonds. The molecule has 6 heteroatoms. The molecule has 82 valence electrons. The van der Waals surface area contributed by atoms with Crippen LogP contribution in [0.3, 0.4) is 0 Å². The minimum absolute atomic E-state index is 0.198. The summed E-state index contributed by atoms with van der Waals surface area (Å²) in [6.45, 7) is 1.73. The van der Waals surface area contributed by atoms with Gasteiger partial charge >= 0.3 is 0 Å². The Balaban J connectivity index is 2.69. The van der Waals surface area contributed by atoms with Crippen molar-refractivity contribution in [2.75, 3.05) is 0 Å². The molecule has 0 aliphatic rings. The van der Waals surface area contributed by atoms with E-state index < -0.39 is 5.82 Å². The van der Waals surface area contributed by atoms with Gasteiger partial charge < -0.3 is 0 Å². The van der Waals surface area contributed by atoms with E-state index in [0.29, 0.717) is 11.5 Å². The average molecular weight is 284 g/mol. The highest BCUT2D eigenvalue weighted by Crippen LogP contribution is 2.07. The Kier molecular flexibility index (Phi) is 2.82. The maximum Gasteiger partial charge on any atom is 0.289 e. The Morgan fingerprint density at radius 2 is 2.06 bits per heavy atom. The van der Waals surface area contributed by atoms with Gasteiger partial charge in [-0.05, 0) is 35.0 Å². The lowest BCUT2D eigenvalue weighted by Crippen LogP contribution is -2.23. The van der Waals surface area contributed by atoms with E-state index in [1.165, 1.54) is 22.9 Å². The van der Waals surface area contributed by atoms with Crippen LogP contribution in [-0.2, 0) is 0 Å². The standard InChI is InChI=1S/C10H7BrFN3O/c1-6-4-14-9(11)10(16)15(6)8-3-2-7(12)5-13-8/h2-5H,1H3. The zero-order valence-corrected chi connectivity index (χ0v) is 9.90. The summed E-state index contributed by atoms with van der Waals surface area (Å²) in [5, 5.41) is 0. The summed E-state index contributed by atoms with van der Waals surface area (Å²) in [7, 11) is 0. The number of pyridine rings is 1. The fourth-order valence-corrected chi connectivity index (χ4v) is 1.58. The third-order valence-electron chi connectivity index (χ3n) is 2.04. The predicted molar refractivity (Wildman–Crippen MR) is 60.0 cm³/mol. The van der Waals surface area contributed by atoms with E-state index in [4.69, 9.17) is 0 Å². The van der Waals surface area contributed by atoms with Gasteiger partial charge in [0.05, 0.1) is 6.20 Å². The zero-order chi connectivity index (χ0) is 11.7. The van der Waals surface area contributed by atoms with Crippen molar-refractivity contribution in [2.24, 2.45) is 0 Å². The van der Waals surface area contributed by atoms with E-state index in [1.807, 2.05) is 0 Å². The highest BCUT2D eigenvalue weighted by Gasteiger charge is 2.08. The topological polar surface area (TPSA) is 47.8 Å². The molecule has 2 aromatic heterocycles. The molecule has 0 N–H and O–H groups in total. The third-order valence-corrected chi connectivity index (χ3v) is 2.58. The normalized spacial score (nSPS) is 10.4. The molecule has 0 unspecified atom stereocenters. The van der Waals surface area contributed by atoms with Crippen molar-refractivity contribution in [1.82, 2.24) is 14.5 Å². The summed E-state index contributed by atoms with van der Waals surface area (Å²) in [4.78, 5) is 19.5. The fraction of sp³-hybridized carbons (Fsp3) is 0.100. The van der Waals surface area contributed by atoms with Crippen LogP contribution in [0.25, 0.3) is 5.82 Å². The SMILES string of the molecule is Cc1cnc(Br)c(=O)n1-c1ccc(F)cn1. The van der Waals surface area contributed by atoms with Crippen molar-refractivity contribution in [2.45, 2.75) is 6.92 Å². The van der Waals surface area contributed by atoms with Gasteiger partial charge in [-0.25, -0.2) is 14.4 Å². The molecule has 0 aliphatic heterocycles. The maximum atomic E-state index is 12.7. The number of hydrogen-bond acceptors (Lipinski definition) is 3. The minimum Gasteiger partial charge on any atom is -0.266 e. The lowest BCUT2D eigenvalue weighted by atomic mass is 10.4. The van der Waals surface area contributed by atoms with Crippen LogP contribution >= 0.6 is 15.9 Å². The van der Waals surface area contributed by atoms with Gasteiger partial charge in [-0.2, -0.15) is 0 Å². The summed E-state index contributed by atoms with van der Waals surface area (Å²) in [5.74, 6) is -0.0745. The van der Waals surface area contributed by atoms with Crippen LogP contribution in [0, 0.1) is 12.7 Å². The zero-order valence-electron chi connectivity index (χ0n) is 8.32. The Bertz CT molecular complexity index is 580. The van der Waals surface area contributed by atoms with Gasteiger partial charge in [-0.3, -0.25) is 9.36 Å². The van der Waals surface area contributed by atoms with E-state index in [9.17, 15) is 9.18 Å². The maximum absolute atomic E-state index is 12.7.